The number of hydrogen-bond donors (Lipinski definition) is 2. The molecule has 2 atom stereocenters. The van der Waals surface area contributed by atoms with Gasteiger partial charge in [-0.1, -0.05) is 6.92 Å². The zero-order chi connectivity index (χ0) is 37.9. The average molecular weight is 737 g/mol. The molecule has 0 spiro atoms. The summed E-state index contributed by atoms with van der Waals surface area (Å²) < 4.78 is 128. The lowest BCUT2D eigenvalue weighted by atomic mass is 9.93. The van der Waals surface area contributed by atoms with E-state index in [4.69, 9.17) is 9.84 Å². The van der Waals surface area contributed by atoms with E-state index in [1.807, 2.05) is 0 Å². The fourth-order valence-corrected chi connectivity index (χ4v) is 5.70. The number of nitrogens with zero attached hydrogens (tertiary/aromatic N) is 5. The van der Waals surface area contributed by atoms with Crippen molar-refractivity contribution < 1.29 is 58.9 Å². The maximum Gasteiger partial charge on any atom is 0.433 e. The second kappa shape index (κ2) is 15.2. The van der Waals surface area contributed by atoms with E-state index in [0.717, 1.165) is 11.0 Å². The van der Waals surface area contributed by atoms with E-state index in [0.29, 0.717) is 37.0 Å². The maximum atomic E-state index is 13.8. The highest BCUT2D eigenvalue weighted by Crippen LogP contribution is 2.42. The number of aromatic nitrogens is 3. The normalized spacial score (nSPS) is 16.4. The van der Waals surface area contributed by atoms with Gasteiger partial charge in [0, 0.05) is 25.6 Å². The highest BCUT2D eigenvalue weighted by molar-refractivity contribution is 5.90. The van der Waals surface area contributed by atoms with Crippen LogP contribution < -0.4 is 15.1 Å². The third-order valence-corrected chi connectivity index (χ3v) is 8.14. The standard InChI is InChI=1S/C32H33F9N6O4/c1-4-20-15-22(27-23(7-8-25(45-27)32(39,40)41)47(20)29(50)51-10-9-26(48)49)44-28-42-16-24(46(5-2)6-3)21(43-28)13-17-11-18(30(33,34)35)14-19(12-17)31(36,37)38/h7-8,11-12,14,16,20,22H,4-6,9-10,13,15H2,1-3H3,(H,48,49)(H,42,43,44)/t20-,22+/m1/s1. The van der Waals surface area contributed by atoms with Gasteiger partial charge in [-0.3, -0.25) is 9.69 Å². The molecule has 1 aromatic carbocycles. The summed E-state index contributed by atoms with van der Waals surface area (Å²) in [7, 11) is 0. The molecule has 278 valence electrons. The smallest absolute Gasteiger partial charge is 0.433 e. The lowest BCUT2D eigenvalue weighted by Crippen LogP contribution is -2.46. The van der Waals surface area contributed by atoms with Gasteiger partial charge in [-0.05, 0) is 62.6 Å². The minimum atomic E-state index is -5.08. The fraction of sp³-hybridized carbons (Fsp3) is 0.469. The summed E-state index contributed by atoms with van der Waals surface area (Å²) in [6.07, 6.45) is -15.6. The Labute approximate surface area is 285 Å². The van der Waals surface area contributed by atoms with E-state index >= 15 is 0 Å². The number of anilines is 3. The van der Waals surface area contributed by atoms with Gasteiger partial charge < -0.3 is 20.1 Å². The molecule has 0 fully saturated rings. The molecule has 0 saturated carbocycles. The third kappa shape index (κ3) is 9.29. The Balaban J connectivity index is 1.79. The number of benzene rings is 1. The highest BCUT2D eigenvalue weighted by Gasteiger charge is 2.41. The number of alkyl halides is 9. The van der Waals surface area contributed by atoms with Crippen LogP contribution in [0.1, 0.15) is 79.8 Å². The van der Waals surface area contributed by atoms with Gasteiger partial charge in [0.1, 0.15) is 12.3 Å². The fourth-order valence-electron chi connectivity index (χ4n) is 5.70. The first-order valence-electron chi connectivity index (χ1n) is 15.7. The monoisotopic (exact) mass is 736 g/mol. The number of aliphatic carboxylic acids is 1. The number of carbonyl (C=O) groups excluding carboxylic acids is 1. The quantitative estimate of drug-likeness (QED) is 0.188. The molecule has 1 aliphatic heterocycles. The molecule has 0 aliphatic carbocycles. The zero-order valence-electron chi connectivity index (χ0n) is 27.4. The van der Waals surface area contributed by atoms with Gasteiger partial charge in [-0.25, -0.2) is 19.7 Å². The number of pyridine rings is 1. The molecule has 0 bridgehead atoms. The van der Waals surface area contributed by atoms with Crippen molar-refractivity contribution in [2.45, 2.75) is 77.1 Å². The minimum absolute atomic E-state index is 0.0138. The second-order valence-electron chi connectivity index (χ2n) is 11.5. The van der Waals surface area contributed by atoms with Crippen molar-refractivity contribution in [3.8, 4) is 0 Å². The molecule has 2 N–H and O–H groups in total. The van der Waals surface area contributed by atoms with Gasteiger partial charge in [0.15, 0.2) is 0 Å². The molecule has 19 heteroatoms. The lowest BCUT2D eigenvalue weighted by molar-refractivity contribution is -0.143. The largest absolute Gasteiger partial charge is 0.481 e. The molecule has 51 heavy (non-hydrogen) atoms. The van der Waals surface area contributed by atoms with Gasteiger partial charge in [0.05, 0.1) is 52.5 Å². The van der Waals surface area contributed by atoms with Crippen molar-refractivity contribution in [1.82, 2.24) is 15.0 Å². The Bertz CT molecular complexity index is 1700. The Morgan fingerprint density at radius 1 is 0.941 bits per heavy atom. The average Bonchev–Trinajstić information content (AvgIpc) is 3.04. The third-order valence-electron chi connectivity index (χ3n) is 8.14. The van der Waals surface area contributed by atoms with Crippen LogP contribution in [0.25, 0.3) is 0 Å². The molecule has 1 aliphatic rings. The molecule has 0 unspecified atom stereocenters. The zero-order valence-corrected chi connectivity index (χ0v) is 27.4. The van der Waals surface area contributed by atoms with Crippen LogP contribution in [0.2, 0.25) is 0 Å². The number of halogens is 9. The van der Waals surface area contributed by atoms with Crippen LogP contribution in [-0.4, -0.2) is 57.9 Å². The predicted octanol–water partition coefficient (Wildman–Crippen LogP) is 8.12. The summed E-state index contributed by atoms with van der Waals surface area (Å²) in [5.41, 5.74) is -4.63. The van der Waals surface area contributed by atoms with Crippen LogP contribution in [-0.2, 0) is 34.5 Å². The van der Waals surface area contributed by atoms with E-state index in [2.05, 4.69) is 20.3 Å². The first-order chi connectivity index (χ1) is 23.8. The Hall–Kier alpha value is -4.84. The van der Waals surface area contributed by atoms with Gasteiger partial charge in [-0.2, -0.15) is 39.5 Å². The SMILES string of the molecule is CC[C@@H]1C[C@H](Nc2ncc(N(CC)CC)c(Cc3cc(C(F)(F)F)cc(C(F)(F)F)c3)n2)c2nc(C(F)(F)F)ccc2N1C(=O)OCCC(=O)O. The van der Waals surface area contributed by atoms with Crippen LogP contribution in [0.3, 0.4) is 0 Å². The highest BCUT2D eigenvalue weighted by atomic mass is 19.4. The Morgan fingerprint density at radius 3 is 2.10 bits per heavy atom. The van der Waals surface area contributed by atoms with Crippen molar-refractivity contribution in [3.63, 3.8) is 0 Å². The summed E-state index contributed by atoms with van der Waals surface area (Å²) in [5.74, 6) is -1.46. The molecule has 3 heterocycles. The van der Waals surface area contributed by atoms with Crippen molar-refractivity contribution in [2.24, 2.45) is 0 Å². The van der Waals surface area contributed by atoms with Gasteiger partial charge >= 0.3 is 30.6 Å². The molecule has 10 nitrogen and oxygen atoms in total. The summed E-state index contributed by atoms with van der Waals surface area (Å²) in [4.78, 5) is 39.3. The number of carboxylic acids is 1. The van der Waals surface area contributed by atoms with E-state index < -0.39 is 78.9 Å². The summed E-state index contributed by atoms with van der Waals surface area (Å²) in [6.45, 7) is 5.45. The van der Waals surface area contributed by atoms with Crippen LogP contribution in [0.15, 0.2) is 36.5 Å². The number of rotatable bonds is 11. The number of amides is 1. The molecular weight excluding hydrogens is 703 g/mol. The van der Waals surface area contributed by atoms with Gasteiger partial charge in [0.25, 0.3) is 0 Å². The summed E-state index contributed by atoms with van der Waals surface area (Å²) in [5, 5.41) is 11.8. The van der Waals surface area contributed by atoms with Gasteiger partial charge in [0.2, 0.25) is 5.95 Å². The van der Waals surface area contributed by atoms with Crippen molar-refractivity contribution >= 4 is 29.4 Å². The second-order valence-corrected chi connectivity index (χ2v) is 11.5. The number of carboxylic acid groups (broad SMARTS) is 1. The van der Waals surface area contributed by atoms with Crippen LogP contribution >= 0.6 is 0 Å². The molecular formula is C32H33F9N6O4. The lowest BCUT2D eigenvalue weighted by Gasteiger charge is -2.39. The first kappa shape index (κ1) is 39.0. The molecule has 2 aromatic heterocycles. The molecule has 3 aromatic rings. The van der Waals surface area contributed by atoms with Crippen LogP contribution in [0, 0.1) is 0 Å². The predicted molar refractivity (Wildman–Crippen MR) is 165 cm³/mol. The first-order valence-corrected chi connectivity index (χ1v) is 15.7. The number of fused-ring (bicyclic) bond motifs is 1. The molecule has 1 amide bonds. The minimum Gasteiger partial charge on any atom is -0.481 e. The number of hydrogen-bond acceptors (Lipinski definition) is 8. The number of nitrogens with one attached hydrogen (secondary N) is 1. The van der Waals surface area contributed by atoms with Gasteiger partial charge in [-0.15, -0.1) is 0 Å². The number of carbonyl (C=O) groups is 2. The summed E-state index contributed by atoms with van der Waals surface area (Å²) >= 11 is 0. The molecule has 0 saturated heterocycles. The topological polar surface area (TPSA) is 121 Å². The Kier molecular flexibility index (Phi) is 11.6. The van der Waals surface area contributed by atoms with Crippen molar-refractivity contribution in [2.75, 3.05) is 34.8 Å². The number of ether oxygens (including phenoxy) is 1. The maximum absolute atomic E-state index is 13.8. The van der Waals surface area contributed by atoms with E-state index in [1.165, 1.54) is 6.20 Å². The van der Waals surface area contributed by atoms with E-state index in [-0.39, 0.29) is 47.5 Å². The van der Waals surface area contributed by atoms with Crippen molar-refractivity contribution in [1.29, 1.82) is 0 Å². The van der Waals surface area contributed by atoms with Crippen LogP contribution in [0.4, 0.5) is 61.6 Å². The Morgan fingerprint density at radius 2 is 1.57 bits per heavy atom. The molecule has 0 radical (unpaired) electrons. The van der Waals surface area contributed by atoms with Crippen molar-refractivity contribution in [3.05, 3.63) is 70.3 Å². The summed E-state index contributed by atoms with van der Waals surface area (Å²) in [6, 6.07) is 1.11. The molecule has 4 rings (SSSR count). The van der Waals surface area contributed by atoms with E-state index in [9.17, 15) is 49.1 Å². The van der Waals surface area contributed by atoms with Crippen LogP contribution in [0.5, 0.6) is 0 Å². The van der Waals surface area contributed by atoms with E-state index in [1.54, 1.807) is 25.7 Å².